The Kier molecular flexibility index (Phi) is 8.53. The van der Waals surface area contributed by atoms with Gasteiger partial charge >= 0.3 is 0 Å². The summed E-state index contributed by atoms with van der Waals surface area (Å²) in [5.74, 6) is 0.616. The number of amides is 2. The molecule has 28 heavy (non-hydrogen) atoms. The van der Waals surface area contributed by atoms with Gasteiger partial charge in [-0.1, -0.05) is 38.1 Å². The van der Waals surface area contributed by atoms with Crippen LogP contribution in [0.2, 0.25) is 0 Å². The van der Waals surface area contributed by atoms with Gasteiger partial charge < -0.3 is 15.0 Å². The third-order valence-electron chi connectivity index (χ3n) is 4.52. The van der Waals surface area contributed by atoms with E-state index in [1.807, 2.05) is 29.2 Å². The van der Waals surface area contributed by atoms with Crippen molar-refractivity contribution in [1.82, 2.24) is 10.2 Å². The zero-order valence-corrected chi connectivity index (χ0v) is 17.0. The van der Waals surface area contributed by atoms with Crippen molar-refractivity contribution in [2.75, 3.05) is 26.7 Å². The van der Waals surface area contributed by atoms with E-state index in [0.29, 0.717) is 24.1 Å². The van der Waals surface area contributed by atoms with Crippen molar-refractivity contribution in [2.24, 2.45) is 0 Å². The van der Waals surface area contributed by atoms with Gasteiger partial charge in [-0.15, -0.1) is 0 Å². The number of carbonyl (C=O) groups excluding carboxylic acids is 2. The summed E-state index contributed by atoms with van der Waals surface area (Å²) in [6.45, 7) is 6.06. The molecule has 0 radical (unpaired) electrons. The largest absolute Gasteiger partial charge is 0.496 e. The van der Waals surface area contributed by atoms with Gasteiger partial charge in [-0.05, 0) is 49.1 Å². The van der Waals surface area contributed by atoms with Crippen LogP contribution < -0.4 is 10.1 Å². The molecule has 0 aromatic heterocycles. The maximum Gasteiger partial charge on any atom is 0.253 e. The first-order valence-electron chi connectivity index (χ1n) is 9.90. The van der Waals surface area contributed by atoms with E-state index < -0.39 is 0 Å². The molecule has 0 aliphatic rings. The molecule has 0 saturated carbocycles. The van der Waals surface area contributed by atoms with E-state index in [1.165, 1.54) is 0 Å². The summed E-state index contributed by atoms with van der Waals surface area (Å²) in [6.07, 6.45) is 2.50. The van der Waals surface area contributed by atoms with Crippen LogP contribution in [-0.4, -0.2) is 43.5 Å². The first kappa shape index (κ1) is 21.5. The highest BCUT2D eigenvalue weighted by Crippen LogP contribution is 2.17. The van der Waals surface area contributed by atoms with Gasteiger partial charge in [-0.2, -0.15) is 0 Å². The molecule has 0 atom stereocenters. The van der Waals surface area contributed by atoms with E-state index in [0.717, 1.165) is 37.2 Å². The SMILES string of the molecule is CCCN(CCC)C(=O)c1cccc(C(=O)NCCc2ccccc2OC)c1. The average Bonchev–Trinajstić information content (AvgIpc) is 2.73. The van der Waals surface area contributed by atoms with Crippen LogP contribution in [-0.2, 0) is 6.42 Å². The number of ether oxygens (including phenoxy) is 1. The van der Waals surface area contributed by atoms with Crippen LogP contribution in [0.1, 0.15) is 53.0 Å². The maximum absolute atomic E-state index is 12.7. The van der Waals surface area contributed by atoms with Crippen molar-refractivity contribution < 1.29 is 14.3 Å². The predicted molar refractivity (Wildman–Crippen MR) is 112 cm³/mol. The lowest BCUT2D eigenvalue weighted by Crippen LogP contribution is -2.33. The molecule has 0 unspecified atom stereocenters. The van der Waals surface area contributed by atoms with Crippen LogP contribution in [0.25, 0.3) is 0 Å². The molecule has 0 spiro atoms. The van der Waals surface area contributed by atoms with Crippen LogP contribution in [0.4, 0.5) is 0 Å². The Morgan fingerprint density at radius 1 is 0.964 bits per heavy atom. The van der Waals surface area contributed by atoms with Gasteiger partial charge in [0.1, 0.15) is 5.75 Å². The fraction of sp³-hybridized carbons (Fsp3) is 0.391. The second-order valence-electron chi connectivity index (χ2n) is 6.69. The van der Waals surface area contributed by atoms with Gasteiger partial charge in [0.15, 0.2) is 0 Å². The summed E-state index contributed by atoms with van der Waals surface area (Å²) in [7, 11) is 1.64. The van der Waals surface area contributed by atoms with Crippen LogP contribution in [0.3, 0.4) is 0 Å². The highest BCUT2D eigenvalue weighted by Gasteiger charge is 2.16. The minimum atomic E-state index is -0.179. The Morgan fingerprint density at radius 2 is 1.64 bits per heavy atom. The standard InChI is InChI=1S/C23H30N2O3/c1-4-15-25(16-5-2)23(27)20-11-8-10-19(17-20)22(26)24-14-13-18-9-6-7-12-21(18)28-3/h6-12,17H,4-5,13-16H2,1-3H3,(H,24,26). The lowest BCUT2D eigenvalue weighted by molar-refractivity contribution is 0.0755. The Hall–Kier alpha value is -2.82. The van der Waals surface area contributed by atoms with Crippen LogP contribution in [0.15, 0.2) is 48.5 Å². The molecule has 2 amide bonds. The molecule has 2 rings (SSSR count). The second kappa shape index (κ2) is 11.1. The van der Waals surface area contributed by atoms with Crippen LogP contribution >= 0.6 is 0 Å². The monoisotopic (exact) mass is 382 g/mol. The minimum absolute atomic E-state index is 0.0210. The topological polar surface area (TPSA) is 58.6 Å². The van der Waals surface area contributed by atoms with E-state index in [1.54, 1.807) is 31.4 Å². The van der Waals surface area contributed by atoms with Crippen LogP contribution in [0.5, 0.6) is 5.75 Å². The molecule has 0 aliphatic heterocycles. The van der Waals surface area contributed by atoms with E-state index in [4.69, 9.17) is 4.74 Å². The smallest absolute Gasteiger partial charge is 0.253 e. The van der Waals surface area contributed by atoms with Gasteiger partial charge in [0.05, 0.1) is 7.11 Å². The molecule has 0 aliphatic carbocycles. The number of rotatable bonds is 10. The molecule has 0 bridgehead atoms. The zero-order chi connectivity index (χ0) is 20.4. The number of methoxy groups -OCH3 is 1. The Bertz CT molecular complexity index is 783. The lowest BCUT2D eigenvalue weighted by Gasteiger charge is -2.21. The Balaban J connectivity index is 2.00. The summed E-state index contributed by atoms with van der Waals surface area (Å²) < 4.78 is 5.34. The molecule has 2 aromatic rings. The minimum Gasteiger partial charge on any atom is -0.496 e. The molecule has 5 heteroatoms. The lowest BCUT2D eigenvalue weighted by atomic mass is 10.1. The third-order valence-corrected chi connectivity index (χ3v) is 4.52. The van der Waals surface area contributed by atoms with Crippen LogP contribution in [0, 0.1) is 0 Å². The first-order chi connectivity index (χ1) is 13.6. The highest BCUT2D eigenvalue weighted by atomic mass is 16.5. The summed E-state index contributed by atoms with van der Waals surface area (Å²) in [6, 6.07) is 14.7. The number of hydrogen-bond donors (Lipinski definition) is 1. The molecule has 2 aromatic carbocycles. The van der Waals surface area contributed by atoms with E-state index in [9.17, 15) is 9.59 Å². The Labute approximate surface area is 167 Å². The van der Waals surface area contributed by atoms with Gasteiger partial charge in [0, 0.05) is 30.8 Å². The van der Waals surface area contributed by atoms with Gasteiger partial charge in [-0.3, -0.25) is 9.59 Å². The first-order valence-corrected chi connectivity index (χ1v) is 9.90. The molecule has 5 nitrogen and oxygen atoms in total. The van der Waals surface area contributed by atoms with Gasteiger partial charge in [-0.25, -0.2) is 0 Å². The van der Waals surface area contributed by atoms with Crippen molar-refractivity contribution in [3.63, 3.8) is 0 Å². The molecule has 0 heterocycles. The van der Waals surface area contributed by atoms with Crippen molar-refractivity contribution >= 4 is 11.8 Å². The molecular formula is C23H30N2O3. The van der Waals surface area contributed by atoms with E-state index in [2.05, 4.69) is 19.2 Å². The van der Waals surface area contributed by atoms with Crippen molar-refractivity contribution in [1.29, 1.82) is 0 Å². The van der Waals surface area contributed by atoms with E-state index >= 15 is 0 Å². The fourth-order valence-corrected chi connectivity index (χ4v) is 3.15. The maximum atomic E-state index is 12.7. The number of nitrogens with one attached hydrogen (secondary N) is 1. The van der Waals surface area contributed by atoms with Crippen molar-refractivity contribution in [3.05, 3.63) is 65.2 Å². The number of para-hydroxylation sites is 1. The third kappa shape index (κ3) is 5.84. The van der Waals surface area contributed by atoms with Gasteiger partial charge in [0.25, 0.3) is 11.8 Å². The number of carbonyl (C=O) groups is 2. The number of nitrogens with zero attached hydrogens (tertiary/aromatic N) is 1. The fourth-order valence-electron chi connectivity index (χ4n) is 3.15. The molecular weight excluding hydrogens is 352 g/mol. The molecule has 1 N–H and O–H groups in total. The summed E-state index contributed by atoms with van der Waals surface area (Å²) in [5.41, 5.74) is 2.10. The summed E-state index contributed by atoms with van der Waals surface area (Å²) >= 11 is 0. The highest BCUT2D eigenvalue weighted by molar-refractivity contribution is 5.99. The zero-order valence-electron chi connectivity index (χ0n) is 17.0. The second-order valence-corrected chi connectivity index (χ2v) is 6.69. The summed E-state index contributed by atoms with van der Waals surface area (Å²) in [4.78, 5) is 27.1. The predicted octanol–water partition coefficient (Wildman–Crippen LogP) is 3.93. The number of benzene rings is 2. The van der Waals surface area contributed by atoms with Gasteiger partial charge in [0.2, 0.25) is 0 Å². The number of hydrogen-bond acceptors (Lipinski definition) is 3. The molecule has 0 fully saturated rings. The molecule has 0 saturated heterocycles. The van der Waals surface area contributed by atoms with E-state index in [-0.39, 0.29) is 11.8 Å². The average molecular weight is 383 g/mol. The molecule has 150 valence electrons. The van der Waals surface area contributed by atoms with Crippen molar-refractivity contribution in [2.45, 2.75) is 33.1 Å². The normalized spacial score (nSPS) is 10.4. The summed E-state index contributed by atoms with van der Waals surface area (Å²) in [5, 5.41) is 2.93. The quantitative estimate of drug-likeness (QED) is 0.677. The Morgan fingerprint density at radius 3 is 2.32 bits per heavy atom. The van der Waals surface area contributed by atoms with Crippen molar-refractivity contribution in [3.8, 4) is 5.75 Å².